The predicted octanol–water partition coefficient (Wildman–Crippen LogP) is 3.08. The summed E-state index contributed by atoms with van der Waals surface area (Å²) in [4.78, 5) is 15.6. The minimum Gasteiger partial charge on any atom is -0.507 e. The molecule has 140 valence electrons. The number of aromatic nitrogens is 1. The van der Waals surface area contributed by atoms with Crippen molar-refractivity contribution >= 4 is 0 Å². The number of likely N-dealkylation sites (tertiary alicyclic amines) is 1. The maximum absolute atomic E-state index is 13.3. The molecule has 0 bridgehead atoms. The third-order valence-corrected chi connectivity index (χ3v) is 5.19. The summed E-state index contributed by atoms with van der Waals surface area (Å²) in [7, 11) is 1.63. The van der Waals surface area contributed by atoms with Gasteiger partial charge in [-0.15, -0.1) is 0 Å². The lowest BCUT2D eigenvalue weighted by Gasteiger charge is -2.35. The molecule has 1 aliphatic heterocycles. The molecule has 0 unspecified atom stereocenters. The standard InChI is InChI=1S/C21H28N2O3/c1-16-15-18(24)19(21(25)23(16)13-14-26-2)20(17-9-5-3-6-10-17)22-11-7-4-8-12-22/h3,5-6,9-10,15,20,24H,4,7-8,11-14H2,1-2H3/t20-/m0/s1. The van der Waals surface area contributed by atoms with E-state index in [1.165, 1.54) is 6.42 Å². The van der Waals surface area contributed by atoms with Gasteiger partial charge in [0.25, 0.3) is 5.56 Å². The van der Waals surface area contributed by atoms with Gasteiger partial charge in [0.05, 0.1) is 18.2 Å². The fourth-order valence-corrected chi connectivity index (χ4v) is 3.86. The van der Waals surface area contributed by atoms with Crippen molar-refractivity contribution < 1.29 is 9.84 Å². The molecule has 0 amide bonds. The summed E-state index contributed by atoms with van der Waals surface area (Å²) in [6, 6.07) is 11.5. The third-order valence-electron chi connectivity index (χ3n) is 5.19. The fourth-order valence-electron chi connectivity index (χ4n) is 3.86. The van der Waals surface area contributed by atoms with Crippen LogP contribution in [0, 0.1) is 6.92 Å². The molecule has 0 radical (unpaired) electrons. The largest absolute Gasteiger partial charge is 0.507 e. The van der Waals surface area contributed by atoms with Crippen LogP contribution in [-0.2, 0) is 11.3 Å². The number of benzene rings is 1. The molecule has 0 saturated carbocycles. The molecule has 26 heavy (non-hydrogen) atoms. The van der Waals surface area contributed by atoms with Gasteiger partial charge in [0.15, 0.2) is 0 Å². The summed E-state index contributed by atoms with van der Waals surface area (Å²) in [6.07, 6.45) is 3.46. The summed E-state index contributed by atoms with van der Waals surface area (Å²) < 4.78 is 6.86. The van der Waals surface area contributed by atoms with Crippen molar-refractivity contribution in [3.63, 3.8) is 0 Å². The number of hydrogen-bond donors (Lipinski definition) is 1. The van der Waals surface area contributed by atoms with Gasteiger partial charge in [-0.2, -0.15) is 0 Å². The zero-order valence-electron chi connectivity index (χ0n) is 15.6. The average molecular weight is 356 g/mol. The van der Waals surface area contributed by atoms with E-state index in [1.54, 1.807) is 17.7 Å². The van der Waals surface area contributed by atoms with Crippen molar-refractivity contribution in [1.29, 1.82) is 0 Å². The first-order chi connectivity index (χ1) is 12.6. The van der Waals surface area contributed by atoms with Crippen LogP contribution < -0.4 is 5.56 Å². The second-order valence-corrected chi connectivity index (χ2v) is 6.94. The van der Waals surface area contributed by atoms with Gasteiger partial charge >= 0.3 is 0 Å². The first kappa shape index (κ1) is 18.7. The summed E-state index contributed by atoms with van der Waals surface area (Å²) in [5, 5.41) is 10.7. The maximum Gasteiger partial charge on any atom is 0.259 e. The number of aryl methyl sites for hydroxylation is 1. The van der Waals surface area contributed by atoms with E-state index >= 15 is 0 Å². The van der Waals surface area contributed by atoms with Crippen molar-refractivity contribution in [1.82, 2.24) is 9.47 Å². The Morgan fingerprint density at radius 3 is 2.50 bits per heavy atom. The van der Waals surface area contributed by atoms with Crippen LogP contribution in [-0.4, -0.2) is 41.4 Å². The van der Waals surface area contributed by atoms with E-state index in [2.05, 4.69) is 4.90 Å². The molecule has 0 aliphatic carbocycles. The number of hydrogen-bond acceptors (Lipinski definition) is 4. The van der Waals surface area contributed by atoms with Gasteiger partial charge < -0.3 is 14.4 Å². The van der Waals surface area contributed by atoms with E-state index in [0.29, 0.717) is 18.7 Å². The quantitative estimate of drug-likeness (QED) is 0.864. The SMILES string of the molecule is COCCn1c(C)cc(O)c([C@H](c2ccccc2)N2CCCCC2)c1=O. The van der Waals surface area contributed by atoms with Crippen molar-refractivity contribution in [2.45, 2.75) is 38.8 Å². The number of methoxy groups -OCH3 is 1. The highest BCUT2D eigenvalue weighted by Gasteiger charge is 2.29. The number of nitrogens with zero attached hydrogens (tertiary/aromatic N) is 2. The monoisotopic (exact) mass is 356 g/mol. The molecule has 5 nitrogen and oxygen atoms in total. The average Bonchev–Trinajstić information content (AvgIpc) is 2.66. The first-order valence-corrected chi connectivity index (χ1v) is 9.34. The van der Waals surface area contributed by atoms with Crippen LogP contribution in [0.5, 0.6) is 5.75 Å². The van der Waals surface area contributed by atoms with Crippen LogP contribution in [0.1, 0.15) is 42.1 Å². The Bertz CT molecular complexity index is 780. The number of aromatic hydroxyl groups is 1. The molecule has 5 heteroatoms. The minimum absolute atomic E-state index is 0.0839. The third kappa shape index (κ3) is 3.84. The van der Waals surface area contributed by atoms with E-state index in [0.717, 1.165) is 37.2 Å². The summed E-state index contributed by atoms with van der Waals surface area (Å²) >= 11 is 0. The number of piperidine rings is 1. The Morgan fingerprint density at radius 1 is 1.15 bits per heavy atom. The first-order valence-electron chi connectivity index (χ1n) is 9.34. The zero-order valence-corrected chi connectivity index (χ0v) is 15.6. The Morgan fingerprint density at radius 2 is 1.85 bits per heavy atom. The van der Waals surface area contributed by atoms with Crippen molar-refractivity contribution in [2.24, 2.45) is 0 Å². The lowest BCUT2D eigenvalue weighted by molar-refractivity contribution is 0.178. The van der Waals surface area contributed by atoms with Gasteiger partial charge in [-0.05, 0) is 44.5 Å². The maximum atomic E-state index is 13.3. The molecule has 1 N–H and O–H groups in total. The van der Waals surface area contributed by atoms with Crippen LogP contribution in [0.4, 0.5) is 0 Å². The van der Waals surface area contributed by atoms with Crippen LogP contribution in [0.2, 0.25) is 0 Å². The highest BCUT2D eigenvalue weighted by atomic mass is 16.5. The van der Waals surface area contributed by atoms with Gasteiger partial charge in [-0.1, -0.05) is 36.8 Å². The molecule has 2 heterocycles. The van der Waals surface area contributed by atoms with Gasteiger partial charge in [0, 0.05) is 19.3 Å². The van der Waals surface area contributed by atoms with Gasteiger partial charge in [0.2, 0.25) is 0 Å². The molecular weight excluding hydrogens is 328 g/mol. The predicted molar refractivity (Wildman–Crippen MR) is 103 cm³/mol. The molecule has 1 aromatic carbocycles. The summed E-state index contributed by atoms with van der Waals surface area (Å²) in [6.45, 7) is 4.66. The van der Waals surface area contributed by atoms with Crippen LogP contribution in [0.3, 0.4) is 0 Å². The van der Waals surface area contributed by atoms with Gasteiger partial charge in [-0.3, -0.25) is 9.69 Å². The van der Waals surface area contributed by atoms with Crippen LogP contribution in [0.15, 0.2) is 41.2 Å². The van der Waals surface area contributed by atoms with E-state index in [4.69, 9.17) is 4.74 Å². The molecule has 0 spiro atoms. The molecule has 1 aromatic heterocycles. The Balaban J connectivity index is 2.13. The Hall–Kier alpha value is -2.11. The normalized spacial score (nSPS) is 16.5. The van der Waals surface area contributed by atoms with Gasteiger partial charge in [-0.25, -0.2) is 0 Å². The van der Waals surface area contributed by atoms with E-state index < -0.39 is 0 Å². The van der Waals surface area contributed by atoms with Gasteiger partial charge in [0.1, 0.15) is 5.75 Å². The van der Waals surface area contributed by atoms with E-state index in [-0.39, 0.29) is 17.4 Å². The Labute approximate surface area is 154 Å². The topological polar surface area (TPSA) is 54.7 Å². The van der Waals surface area contributed by atoms with Crippen LogP contribution in [0.25, 0.3) is 0 Å². The highest BCUT2D eigenvalue weighted by Crippen LogP contribution is 2.34. The molecular formula is C21H28N2O3. The lowest BCUT2D eigenvalue weighted by Crippen LogP contribution is -2.39. The zero-order chi connectivity index (χ0) is 18.5. The fraction of sp³-hybridized carbons (Fsp3) is 0.476. The molecule has 1 aliphatic rings. The second-order valence-electron chi connectivity index (χ2n) is 6.94. The molecule has 1 fully saturated rings. The lowest BCUT2D eigenvalue weighted by atomic mass is 9.94. The summed E-state index contributed by atoms with van der Waals surface area (Å²) in [5.74, 6) is 0.0839. The second kappa shape index (κ2) is 8.52. The molecule has 1 saturated heterocycles. The van der Waals surface area contributed by atoms with Crippen molar-refractivity contribution in [2.75, 3.05) is 26.8 Å². The number of pyridine rings is 1. The van der Waals surface area contributed by atoms with Crippen molar-refractivity contribution in [3.8, 4) is 5.75 Å². The minimum atomic E-state index is -0.224. The molecule has 3 rings (SSSR count). The Kier molecular flexibility index (Phi) is 6.12. The number of ether oxygens (including phenoxy) is 1. The number of rotatable bonds is 6. The molecule has 2 aromatic rings. The molecule has 1 atom stereocenters. The summed E-state index contributed by atoms with van der Waals surface area (Å²) in [5.41, 5.74) is 2.14. The highest BCUT2D eigenvalue weighted by molar-refractivity contribution is 5.41. The van der Waals surface area contributed by atoms with Crippen molar-refractivity contribution in [3.05, 3.63) is 63.6 Å². The van der Waals surface area contributed by atoms with Crippen LogP contribution >= 0.6 is 0 Å². The smallest absolute Gasteiger partial charge is 0.259 e. The van der Waals surface area contributed by atoms with E-state index in [1.807, 2.05) is 37.3 Å². The van der Waals surface area contributed by atoms with E-state index in [9.17, 15) is 9.90 Å².